The molecule has 3 heteroatoms. The van der Waals surface area contributed by atoms with Crippen LogP contribution in [0.1, 0.15) is 29.3 Å². The Hall–Kier alpha value is -1.02. The molecule has 2 aliphatic rings. The van der Waals surface area contributed by atoms with Crippen molar-refractivity contribution < 1.29 is 9.53 Å². The van der Waals surface area contributed by atoms with Crippen LogP contribution in [0.5, 0.6) is 5.75 Å². The van der Waals surface area contributed by atoms with Crippen molar-refractivity contribution >= 4 is 17.4 Å². The summed E-state index contributed by atoms with van der Waals surface area (Å²) >= 11 is 6.10. The quantitative estimate of drug-likeness (QED) is 0.738. The number of carbonyl (C=O) groups is 1. The molecule has 84 valence electrons. The fourth-order valence-corrected chi connectivity index (χ4v) is 2.60. The van der Waals surface area contributed by atoms with Crippen LogP contribution in [-0.4, -0.2) is 12.4 Å². The van der Waals surface area contributed by atoms with Crippen LogP contribution in [0, 0.1) is 11.8 Å². The van der Waals surface area contributed by atoms with E-state index in [2.05, 4.69) is 6.92 Å². The number of carbonyl (C=O) groups excluding carboxylic acids is 1. The van der Waals surface area contributed by atoms with Gasteiger partial charge in [-0.25, -0.2) is 0 Å². The summed E-state index contributed by atoms with van der Waals surface area (Å²) in [7, 11) is 0. The van der Waals surface area contributed by atoms with E-state index in [1.807, 2.05) is 6.07 Å². The minimum Gasteiger partial charge on any atom is -0.491 e. The number of ether oxygens (including phenoxy) is 1. The van der Waals surface area contributed by atoms with E-state index < -0.39 is 0 Å². The molecule has 2 nitrogen and oxygen atoms in total. The van der Waals surface area contributed by atoms with Crippen LogP contribution in [0.15, 0.2) is 12.1 Å². The highest BCUT2D eigenvalue weighted by Crippen LogP contribution is 2.42. The van der Waals surface area contributed by atoms with E-state index >= 15 is 0 Å². The van der Waals surface area contributed by atoms with Gasteiger partial charge in [-0.3, -0.25) is 4.79 Å². The lowest BCUT2D eigenvalue weighted by Crippen LogP contribution is -2.03. The van der Waals surface area contributed by atoms with Gasteiger partial charge >= 0.3 is 0 Å². The third-order valence-corrected chi connectivity index (χ3v) is 3.75. The van der Waals surface area contributed by atoms with Crippen molar-refractivity contribution in [3.05, 3.63) is 28.3 Å². The maximum atomic E-state index is 12.1. The van der Waals surface area contributed by atoms with Gasteiger partial charge < -0.3 is 4.74 Å². The van der Waals surface area contributed by atoms with E-state index in [0.717, 1.165) is 29.7 Å². The highest BCUT2D eigenvalue weighted by molar-refractivity contribution is 6.32. The highest BCUT2D eigenvalue weighted by Gasteiger charge is 2.39. The molecule has 16 heavy (non-hydrogen) atoms. The average molecular weight is 237 g/mol. The van der Waals surface area contributed by atoms with Gasteiger partial charge in [-0.2, -0.15) is 0 Å². The second-order valence-corrected chi connectivity index (χ2v) is 5.14. The van der Waals surface area contributed by atoms with Crippen molar-refractivity contribution in [3.63, 3.8) is 0 Å². The van der Waals surface area contributed by atoms with Crippen LogP contribution in [0.3, 0.4) is 0 Å². The number of fused-ring (bicyclic) bond motifs is 1. The van der Waals surface area contributed by atoms with E-state index in [0.29, 0.717) is 17.5 Å². The molecule has 1 saturated carbocycles. The molecule has 1 unspecified atom stereocenters. The average Bonchev–Trinajstić information content (AvgIpc) is 2.79. The maximum absolute atomic E-state index is 12.1. The Balaban J connectivity index is 1.97. The van der Waals surface area contributed by atoms with Crippen molar-refractivity contribution in [2.75, 3.05) is 6.61 Å². The molecule has 2 atom stereocenters. The first-order valence-corrected chi connectivity index (χ1v) is 6.04. The summed E-state index contributed by atoms with van der Waals surface area (Å²) in [6.45, 7) is 2.78. The third kappa shape index (κ3) is 1.52. The molecule has 0 aromatic heterocycles. The van der Waals surface area contributed by atoms with E-state index in [-0.39, 0.29) is 11.7 Å². The fraction of sp³-hybridized carbons (Fsp3) is 0.462. The van der Waals surface area contributed by atoms with Gasteiger partial charge in [-0.05, 0) is 30.0 Å². The molecule has 1 aromatic carbocycles. The Morgan fingerprint density at radius 3 is 2.94 bits per heavy atom. The standard InChI is InChI=1S/C13H13ClO2/c1-7-4-10(7)12(15)9-5-8-2-3-16-13(8)11(14)6-9/h5-7,10H,2-4H2,1H3/t7?,10-/m0/s1. The van der Waals surface area contributed by atoms with Gasteiger partial charge in [-0.1, -0.05) is 18.5 Å². The Morgan fingerprint density at radius 1 is 1.50 bits per heavy atom. The lowest BCUT2D eigenvalue weighted by Gasteiger charge is -2.05. The van der Waals surface area contributed by atoms with Crippen molar-refractivity contribution in [1.82, 2.24) is 0 Å². The summed E-state index contributed by atoms with van der Waals surface area (Å²) in [4.78, 5) is 12.1. The Labute approximate surface area is 99.6 Å². The second-order valence-electron chi connectivity index (χ2n) is 4.73. The number of ketones is 1. The number of rotatable bonds is 2. The summed E-state index contributed by atoms with van der Waals surface area (Å²) in [5, 5.41) is 0.576. The van der Waals surface area contributed by atoms with Crippen LogP contribution >= 0.6 is 11.6 Å². The Bertz CT molecular complexity index is 467. The summed E-state index contributed by atoms with van der Waals surface area (Å²) in [5.74, 6) is 1.76. The van der Waals surface area contributed by atoms with Gasteiger partial charge in [0, 0.05) is 17.9 Å². The van der Waals surface area contributed by atoms with Gasteiger partial charge in [-0.15, -0.1) is 0 Å². The lowest BCUT2D eigenvalue weighted by molar-refractivity contribution is 0.0962. The van der Waals surface area contributed by atoms with E-state index in [4.69, 9.17) is 16.3 Å². The molecular formula is C13H13ClO2. The predicted molar refractivity (Wildman–Crippen MR) is 62.3 cm³/mol. The lowest BCUT2D eigenvalue weighted by atomic mass is 10.0. The van der Waals surface area contributed by atoms with Crippen molar-refractivity contribution in [3.8, 4) is 5.75 Å². The fourth-order valence-electron chi connectivity index (χ4n) is 2.30. The van der Waals surface area contributed by atoms with E-state index in [1.165, 1.54) is 0 Å². The minimum absolute atomic E-state index is 0.219. The van der Waals surface area contributed by atoms with Crippen molar-refractivity contribution in [2.45, 2.75) is 19.8 Å². The molecule has 0 amide bonds. The zero-order valence-corrected chi connectivity index (χ0v) is 9.88. The summed E-state index contributed by atoms with van der Waals surface area (Å²) < 4.78 is 5.42. The number of Topliss-reactive ketones (excluding diaryl/α,β-unsaturated/α-hetero) is 1. The normalized spacial score (nSPS) is 26.1. The van der Waals surface area contributed by atoms with Crippen molar-refractivity contribution in [1.29, 1.82) is 0 Å². The molecule has 0 N–H and O–H groups in total. The number of hydrogen-bond donors (Lipinski definition) is 0. The molecular weight excluding hydrogens is 224 g/mol. The zero-order valence-electron chi connectivity index (χ0n) is 9.13. The monoisotopic (exact) mass is 236 g/mol. The molecule has 3 rings (SSSR count). The number of halogens is 1. The maximum Gasteiger partial charge on any atom is 0.166 e. The molecule has 0 saturated heterocycles. The molecule has 1 fully saturated rings. The van der Waals surface area contributed by atoms with E-state index in [9.17, 15) is 4.79 Å². The first-order chi connectivity index (χ1) is 7.66. The van der Waals surface area contributed by atoms with Crippen LogP contribution < -0.4 is 4.74 Å². The zero-order chi connectivity index (χ0) is 11.3. The number of benzene rings is 1. The van der Waals surface area contributed by atoms with Crippen LogP contribution in [0.25, 0.3) is 0 Å². The molecule has 1 aliphatic carbocycles. The van der Waals surface area contributed by atoms with Gasteiger partial charge in [0.25, 0.3) is 0 Å². The molecule has 0 bridgehead atoms. The minimum atomic E-state index is 0.219. The van der Waals surface area contributed by atoms with Gasteiger partial charge in [0.05, 0.1) is 11.6 Å². The summed E-state index contributed by atoms with van der Waals surface area (Å²) in [6.07, 6.45) is 1.88. The smallest absolute Gasteiger partial charge is 0.166 e. The van der Waals surface area contributed by atoms with Crippen LogP contribution in [0.4, 0.5) is 0 Å². The Morgan fingerprint density at radius 2 is 2.25 bits per heavy atom. The SMILES string of the molecule is CC1C[C@@H]1C(=O)c1cc(Cl)c2c(c1)CCO2. The van der Waals surface area contributed by atoms with Gasteiger partial charge in [0.2, 0.25) is 0 Å². The van der Waals surface area contributed by atoms with Crippen LogP contribution in [0.2, 0.25) is 5.02 Å². The topological polar surface area (TPSA) is 26.3 Å². The second kappa shape index (κ2) is 3.49. The van der Waals surface area contributed by atoms with Crippen molar-refractivity contribution in [2.24, 2.45) is 11.8 Å². The molecule has 1 aromatic rings. The predicted octanol–water partition coefficient (Wildman–Crippen LogP) is 3.11. The number of hydrogen-bond acceptors (Lipinski definition) is 2. The molecule has 1 heterocycles. The first kappa shape index (κ1) is 10.2. The molecule has 1 aliphatic heterocycles. The largest absolute Gasteiger partial charge is 0.491 e. The molecule has 0 spiro atoms. The van der Waals surface area contributed by atoms with Crippen LogP contribution in [-0.2, 0) is 6.42 Å². The molecule has 0 radical (unpaired) electrons. The van der Waals surface area contributed by atoms with E-state index in [1.54, 1.807) is 6.07 Å². The summed E-state index contributed by atoms with van der Waals surface area (Å²) in [6, 6.07) is 3.70. The third-order valence-electron chi connectivity index (χ3n) is 3.47. The van der Waals surface area contributed by atoms with Gasteiger partial charge in [0.1, 0.15) is 5.75 Å². The highest BCUT2D eigenvalue weighted by atomic mass is 35.5. The van der Waals surface area contributed by atoms with Gasteiger partial charge in [0.15, 0.2) is 5.78 Å². The first-order valence-electron chi connectivity index (χ1n) is 5.66. The Kier molecular flexibility index (Phi) is 2.21. The summed E-state index contributed by atoms with van der Waals surface area (Å²) in [5.41, 5.74) is 1.83.